The fraction of sp³-hybridized carbons (Fsp3) is 0.357. The van der Waals surface area contributed by atoms with E-state index < -0.39 is 0 Å². The SMILES string of the molecule is Cc1cccc(Nc2cc(N3CCCC3)ncn2)n1. The lowest BCUT2D eigenvalue weighted by Crippen LogP contribution is -2.19. The molecule has 5 heteroatoms. The van der Waals surface area contributed by atoms with Crippen molar-refractivity contribution in [1.29, 1.82) is 0 Å². The Labute approximate surface area is 112 Å². The van der Waals surface area contributed by atoms with E-state index in [0.29, 0.717) is 0 Å². The van der Waals surface area contributed by atoms with Crippen molar-refractivity contribution in [2.75, 3.05) is 23.3 Å². The van der Waals surface area contributed by atoms with Gasteiger partial charge < -0.3 is 10.2 Å². The predicted octanol–water partition coefficient (Wildman–Crippen LogP) is 2.52. The fourth-order valence-corrected chi connectivity index (χ4v) is 2.28. The summed E-state index contributed by atoms with van der Waals surface area (Å²) >= 11 is 0. The van der Waals surface area contributed by atoms with Gasteiger partial charge in [-0.1, -0.05) is 6.07 Å². The Morgan fingerprint density at radius 3 is 2.74 bits per heavy atom. The molecule has 19 heavy (non-hydrogen) atoms. The van der Waals surface area contributed by atoms with E-state index in [1.165, 1.54) is 12.8 Å². The fourth-order valence-electron chi connectivity index (χ4n) is 2.28. The number of nitrogens with zero attached hydrogens (tertiary/aromatic N) is 4. The molecule has 1 aliphatic rings. The number of hydrogen-bond donors (Lipinski definition) is 1. The smallest absolute Gasteiger partial charge is 0.137 e. The summed E-state index contributed by atoms with van der Waals surface area (Å²) in [4.78, 5) is 15.3. The minimum atomic E-state index is 0.787. The summed E-state index contributed by atoms with van der Waals surface area (Å²) in [5.74, 6) is 2.59. The minimum absolute atomic E-state index is 0.787. The number of anilines is 3. The van der Waals surface area contributed by atoms with Crippen molar-refractivity contribution in [3.05, 3.63) is 36.3 Å². The van der Waals surface area contributed by atoms with Gasteiger partial charge in [-0.3, -0.25) is 0 Å². The van der Waals surface area contributed by atoms with Gasteiger partial charge in [0.25, 0.3) is 0 Å². The van der Waals surface area contributed by atoms with Gasteiger partial charge in [-0.25, -0.2) is 15.0 Å². The molecule has 1 saturated heterocycles. The number of hydrogen-bond acceptors (Lipinski definition) is 5. The zero-order valence-electron chi connectivity index (χ0n) is 11.0. The second-order valence-corrected chi connectivity index (χ2v) is 4.74. The van der Waals surface area contributed by atoms with Gasteiger partial charge in [0.15, 0.2) is 0 Å². The Hall–Kier alpha value is -2.17. The second kappa shape index (κ2) is 5.22. The minimum Gasteiger partial charge on any atom is -0.356 e. The molecule has 0 amide bonds. The van der Waals surface area contributed by atoms with E-state index in [4.69, 9.17) is 0 Å². The van der Waals surface area contributed by atoms with Crippen molar-refractivity contribution in [3.8, 4) is 0 Å². The Morgan fingerprint density at radius 1 is 1.11 bits per heavy atom. The standard InChI is InChI=1S/C14H17N5/c1-11-5-4-6-12(17-11)18-13-9-14(16-10-15-13)19-7-2-3-8-19/h4-6,9-10H,2-3,7-8H2,1H3,(H,15,16,17,18). The molecule has 3 rings (SSSR count). The summed E-state index contributed by atoms with van der Waals surface area (Å²) in [5, 5.41) is 3.22. The van der Waals surface area contributed by atoms with Crippen molar-refractivity contribution in [3.63, 3.8) is 0 Å². The van der Waals surface area contributed by atoms with Crippen LogP contribution in [0, 0.1) is 6.92 Å². The predicted molar refractivity (Wildman–Crippen MR) is 75.7 cm³/mol. The van der Waals surface area contributed by atoms with Crippen LogP contribution < -0.4 is 10.2 Å². The number of rotatable bonds is 3. The molecule has 1 aliphatic heterocycles. The second-order valence-electron chi connectivity index (χ2n) is 4.74. The third kappa shape index (κ3) is 2.81. The van der Waals surface area contributed by atoms with Gasteiger partial charge in [0.1, 0.15) is 23.8 Å². The van der Waals surface area contributed by atoms with Crippen LogP contribution in [-0.4, -0.2) is 28.0 Å². The summed E-state index contributed by atoms with van der Waals surface area (Å²) in [6, 6.07) is 7.87. The monoisotopic (exact) mass is 255 g/mol. The molecule has 2 aromatic heterocycles. The molecule has 0 aromatic carbocycles. The van der Waals surface area contributed by atoms with Gasteiger partial charge in [-0.2, -0.15) is 0 Å². The highest BCUT2D eigenvalue weighted by molar-refractivity contribution is 5.56. The molecule has 0 unspecified atom stereocenters. The lowest BCUT2D eigenvalue weighted by molar-refractivity contribution is 0.928. The van der Waals surface area contributed by atoms with Gasteiger partial charge in [-0.05, 0) is 31.9 Å². The molecule has 0 radical (unpaired) electrons. The Bertz CT molecular complexity index is 563. The lowest BCUT2D eigenvalue weighted by Gasteiger charge is -2.16. The quantitative estimate of drug-likeness (QED) is 0.913. The molecule has 2 aromatic rings. The average Bonchev–Trinajstić information content (AvgIpc) is 2.93. The molecule has 5 nitrogen and oxygen atoms in total. The van der Waals surface area contributed by atoms with Crippen LogP contribution in [0.2, 0.25) is 0 Å². The van der Waals surface area contributed by atoms with E-state index in [9.17, 15) is 0 Å². The normalized spacial score (nSPS) is 14.7. The van der Waals surface area contributed by atoms with Crippen LogP contribution >= 0.6 is 0 Å². The first-order valence-corrected chi connectivity index (χ1v) is 6.59. The maximum atomic E-state index is 4.41. The van der Waals surface area contributed by atoms with E-state index in [0.717, 1.165) is 36.2 Å². The molecule has 0 spiro atoms. The average molecular weight is 255 g/mol. The van der Waals surface area contributed by atoms with E-state index >= 15 is 0 Å². The first kappa shape index (κ1) is 11.9. The van der Waals surface area contributed by atoms with Gasteiger partial charge in [-0.15, -0.1) is 0 Å². The van der Waals surface area contributed by atoms with E-state index in [1.54, 1.807) is 6.33 Å². The maximum absolute atomic E-state index is 4.41. The zero-order chi connectivity index (χ0) is 13.1. The van der Waals surface area contributed by atoms with Gasteiger partial charge in [0, 0.05) is 24.8 Å². The number of aromatic nitrogens is 3. The zero-order valence-corrected chi connectivity index (χ0v) is 11.0. The lowest BCUT2D eigenvalue weighted by atomic mass is 10.3. The molecule has 1 N–H and O–H groups in total. The van der Waals surface area contributed by atoms with E-state index in [-0.39, 0.29) is 0 Å². The first-order valence-electron chi connectivity index (χ1n) is 6.59. The maximum Gasteiger partial charge on any atom is 0.137 e. The highest BCUT2D eigenvalue weighted by Crippen LogP contribution is 2.20. The van der Waals surface area contributed by atoms with E-state index in [1.807, 2.05) is 31.2 Å². The molecular weight excluding hydrogens is 238 g/mol. The van der Waals surface area contributed by atoms with Crippen LogP contribution in [0.1, 0.15) is 18.5 Å². The van der Waals surface area contributed by atoms with Gasteiger partial charge in [0.05, 0.1) is 0 Å². The first-order chi connectivity index (χ1) is 9.31. The molecule has 0 bridgehead atoms. The van der Waals surface area contributed by atoms with Gasteiger partial charge in [0.2, 0.25) is 0 Å². The van der Waals surface area contributed by atoms with Crippen molar-refractivity contribution >= 4 is 17.5 Å². The number of nitrogens with one attached hydrogen (secondary N) is 1. The Balaban J connectivity index is 1.79. The van der Waals surface area contributed by atoms with Crippen molar-refractivity contribution < 1.29 is 0 Å². The third-order valence-electron chi connectivity index (χ3n) is 3.23. The van der Waals surface area contributed by atoms with Crippen molar-refractivity contribution in [2.45, 2.75) is 19.8 Å². The number of aryl methyl sites for hydroxylation is 1. The highest BCUT2D eigenvalue weighted by atomic mass is 15.2. The molecule has 3 heterocycles. The van der Waals surface area contributed by atoms with Crippen molar-refractivity contribution in [1.82, 2.24) is 15.0 Å². The van der Waals surface area contributed by atoms with E-state index in [2.05, 4.69) is 25.2 Å². The van der Waals surface area contributed by atoms with Crippen LogP contribution in [0.5, 0.6) is 0 Å². The topological polar surface area (TPSA) is 53.9 Å². The van der Waals surface area contributed by atoms with Crippen LogP contribution in [0.15, 0.2) is 30.6 Å². The third-order valence-corrected chi connectivity index (χ3v) is 3.23. The van der Waals surface area contributed by atoms with Crippen LogP contribution in [-0.2, 0) is 0 Å². The molecular formula is C14H17N5. The molecule has 0 aliphatic carbocycles. The summed E-state index contributed by atoms with van der Waals surface area (Å²) in [7, 11) is 0. The highest BCUT2D eigenvalue weighted by Gasteiger charge is 2.14. The van der Waals surface area contributed by atoms with Crippen molar-refractivity contribution in [2.24, 2.45) is 0 Å². The molecule has 0 atom stereocenters. The summed E-state index contributed by atoms with van der Waals surface area (Å²) in [6.45, 7) is 4.14. The summed E-state index contributed by atoms with van der Waals surface area (Å²) in [5.41, 5.74) is 0.985. The molecule has 1 fully saturated rings. The summed E-state index contributed by atoms with van der Waals surface area (Å²) in [6.07, 6.45) is 4.09. The molecule has 98 valence electrons. The van der Waals surface area contributed by atoms with Crippen LogP contribution in [0.25, 0.3) is 0 Å². The van der Waals surface area contributed by atoms with Crippen LogP contribution in [0.3, 0.4) is 0 Å². The largest absolute Gasteiger partial charge is 0.356 e. The number of pyridine rings is 1. The Morgan fingerprint density at radius 2 is 1.95 bits per heavy atom. The van der Waals surface area contributed by atoms with Crippen LogP contribution in [0.4, 0.5) is 17.5 Å². The van der Waals surface area contributed by atoms with Gasteiger partial charge >= 0.3 is 0 Å². The summed E-state index contributed by atoms with van der Waals surface area (Å²) < 4.78 is 0. The Kier molecular flexibility index (Phi) is 3.27. The molecule has 0 saturated carbocycles.